The normalized spacial score (nSPS) is 21.5. The Hall–Kier alpha value is -1.75. The molecule has 5 nitrogen and oxygen atoms in total. The Morgan fingerprint density at radius 2 is 2.24 bits per heavy atom. The van der Waals surface area contributed by atoms with Gasteiger partial charge in [-0.05, 0) is 18.4 Å². The number of non-ortho nitro benzene ring substituents is 1. The summed E-state index contributed by atoms with van der Waals surface area (Å²) in [5, 5.41) is 20.7. The molecule has 0 bridgehead atoms. The van der Waals surface area contributed by atoms with Crippen LogP contribution in [0.3, 0.4) is 0 Å². The standard InChI is InChI=1S/C12H13NO4/c14-11-6-2-5-10(11)12(15)8-3-1-4-9(7-8)13(16)17/h1,3-4,7,10,12,15H,2,5-6H2. The molecular weight excluding hydrogens is 222 g/mol. The predicted octanol–water partition coefficient (Wildman–Crippen LogP) is 2.00. The summed E-state index contributed by atoms with van der Waals surface area (Å²) in [5.74, 6) is -0.360. The molecule has 0 saturated heterocycles. The van der Waals surface area contributed by atoms with Crippen molar-refractivity contribution in [2.45, 2.75) is 25.4 Å². The Bertz CT molecular complexity index is 458. The summed E-state index contributed by atoms with van der Waals surface area (Å²) in [6.45, 7) is 0. The molecule has 1 aromatic carbocycles. The van der Waals surface area contributed by atoms with Crippen molar-refractivity contribution in [3.05, 3.63) is 39.9 Å². The average Bonchev–Trinajstić information content (AvgIpc) is 2.74. The molecule has 1 aromatic rings. The van der Waals surface area contributed by atoms with Crippen molar-refractivity contribution in [2.24, 2.45) is 5.92 Å². The number of nitrogens with zero attached hydrogens (tertiary/aromatic N) is 1. The maximum absolute atomic E-state index is 11.5. The fourth-order valence-corrected chi connectivity index (χ4v) is 2.23. The number of benzene rings is 1. The molecule has 1 saturated carbocycles. The summed E-state index contributed by atoms with van der Waals surface area (Å²) >= 11 is 0. The molecule has 0 amide bonds. The van der Waals surface area contributed by atoms with Crippen LogP contribution in [0.4, 0.5) is 5.69 Å². The molecule has 17 heavy (non-hydrogen) atoms. The highest BCUT2D eigenvalue weighted by atomic mass is 16.6. The van der Waals surface area contributed by atoms with E-state index in [0.717, 1.165) is 6.42 Å². The van der Waals surface area contributed by atoms with Gasteiger partial charge < -0.3 is 5.11 Å². The third-order valence-electron chi connectivity index (χ3n) is 3.16. The van der Waals surface area contributed by atoms with Gasteiger partial charge in [-0.2, -0.15) is 0 Å². The Morgan fingerprint density at radius 1 is 1.47 bits per heavy atom. The number of Topliss-reactive ketones (excluding diaryl/α,β-unsaturated/α-hetero) is 1. The van der Waals surface area contributed by atoms with Crippen LogP contribution in [-0.2, 0) is 4.79 Å². The number of hydrogen-bond donors (Lipinski definition) is 1. The summed E-state index contributed by atoms with van der Waals surface area (Å²) < 4.78 is 0. The molecule has 1 fully saturated rings. The van der Waals surface area contributed by atoms with E-state index in [0.29, 0.717) is 18.4 Å². The predicted molar refractivity (Wildman–Crippen MR) is 60.4 cm³/mol. The second-order valence-corrected chi connectivity index (χ2v) is 4.26. The van der Waals surface area contributed by atoms with Crippen molar-refractivity contribution in [1.82, 2.24) is 0 Å². The van der Waals surface area contributed by atoms with Gasteiger partial charge in [0.05, 0.1) is 11.0 Å². The zero-order chi connectivity index (χ0) is 12.4. The largest absolute Gasteiger partial charge is 0.388 e. The number of ketones is 1. The number of carbonyl (C=O) groups is 1. The summed E-state index contributed by atoms with van der Waals surface area (Å²) in [6.07, 6.45) is 1.01. The van der Waals surface area contributed by atoms with E-state index in [9.17, 15) is 20.0 Å². The summed E-state index contributed by atoms with van der Waals surface area (Å²) in [4.78, 5) is 21.6. The van der Waals surface area contributed by atoms with E-state index >= 15 is 0 Å². The fraction of sp³-hybridized carbons (Fsp3) is 0.417. The molecule has 0 spiro atoms. The summed E-state index contributed by atoms with van der Waals surface area (Å²) in [7, 11) is 0. The minimum atomic E-state index is -0.926. The number of carbonyl (C=O) groups excluding carboxylic acids is 1. The highest BCUT2D eigenvalue weighted by molar-refractivity contribution is 5.83. The van der Waals surface area contributed by atoms with Crippen LogP contribution in [-0.4, -0.2) is 15.8 Å². The Kier molecular flexibility index (Phi) is 3.19. The molecular formula is C12H13NO4. The van der Waals surface area contributed by atoms with Gasteiger partial charge in [-0.3, -0.25) is 14.9 Å². The lowest BCUT2D eigenvalue weighted by Crippen LogP contribution is -2.16. The molecule has 0 aromatic heterocycles. The first-order valence-electron chi connectivity index (χ1n) is 5.54. The third-order valence-corrected chi connectivity index (χ3v) is 3.16. The van der Waals surface area contributed by atoms with Crippen LogP contribution in [0.5, 0.6) is 0 Å². The van der Waals surface area contributed by atoms with Gasteiger partial charge in [0.25, 0.3) is 5.69 Å². The molecule has 2 atom stereocenters. The van der Waals surface area contributed by atoms with Gasteiger partial charge in [-0.15, -0.1) is 0 Å². The number of aliphatic hydroxyl groups is 1. The Balaban J connectivity index is 2.24. The molecule has 2 unspecified atom stereocenters. The first-order valence-corrected chi connectivity index (χ1v) is 5.54. The smallest absolute Gasteiger partial charge is 0.269 e. The molecule has 5 heteroatoms. The third kappa shape index (κ3) is 2.34. The molecule has 2 rings (SSSR count). The van der Waals surface area contributed by atoms with Gasteiger partial charge in [0.2, 0.25) is 0 Å². The first-order chi connectivity index (χ1) is 8.09. The number of nitro groups is 1. The number of hydrogen-bond acceptors (Lipinski definition) is 4. The Morgan fingerprint density at radius 3 is 2.82 bits per heavy atom. The van der Waals surface area contributed by atoms with Crippen molar-refractivity contribution in [1.29, 1.82) is 0 Å². The monoisotopic (exact) mass is 235 g/mol. The van der Waals surface area contributed by atoms with Gasteiger partial charge in [0.1, 0.15) is 5.78 Å². The quantitative estimate of drug-likeness (QED) is 0.641. The molecule has 0 radical (unpaired) electrons. The van der Waals surface area contributed by atoms with E-state index in [-0.39, 0.29) is 11.5 Å². The molecule has 0 aliphatic heterocycles. The van der Waals surface area contributed by atoms with E-state index in [1.54, 1.807) is 6.07 Å². The minimum Gasteiger partial charge on any atom is -0.388 e. The SMILES string of the molecule is O=C1CCCC1C(O)c1cccc([N+](=O)[O-])c1. The van der Waals surface area contributed by atoms with Gasteiger partial charge in [0, 0.05) is 24.5 Å². The average molecular weight is 235 g/mol. The van der Waals surface area contributed by atoms with E-state index in [4.69, 9.17) is 0 Å². The minimum absolute atomic E-state index is 0.0454. The molecule has 1 aliphatic carbocycles. The fourth-order valence-electron chi connectivity index (χ4n) is 2.23. The topological polar surface area (TPSA) is 80.4 Å². The van der Waals surface area contributed by atoms with Gasteiger partial charge in [-0.1, -0.05) is 12.1 Å². The maximum Gasteiger partial charge on any atom is 0.269 e. The van der Waals surface area contributed by atoms with Gasteiger partial charge in [0.15, 0.2) is 0 Å². The van der Waals surface area contributed by atoms with Crippen molar-refractivity contribution < 1.29 is 14.8 Å². The van der Waals surface area contributed by atoms with Crippen molar-refractivity contribution in [3.8, 4) is 0 Å². The van der Waals surface area contributed by atoms with Crippen molar-refractivity contribution in [2.75, 3.05) is 0 Å². The zero-order valence-electron chi connectivity index (χ0n) is 9.20. The van der Waals surface area contributed by atoms with Crippen molar-refractivity contribution in [3.63, 3.8) is 0 Å². The molecule has 0 heterocycles. The van der Waals surface area contributed by atoms with Crippen LogP contribution >= 0.6 is 0 Å². The van der Waals surface area contributed by atoms with E-state index in [1.807, 2.05) is 0 Å². The first kappa shape index (κ1) is 11.7. The number of rotatable bonds is 3. The second-order valence-electron chi connectivity index (χ2n) is 4.26. The van der Waals surface area contributed by atoms with E-state index in [1.165, 1.54) is 18.2 Å². The highest BCUT2D eigenvalue weighted by Gasteiger charge is 2.32. The van der Waals surface area contributed by atoms with Gasteiger partial charge in [-0.25, -0.2) is 0 Å². The van der Waals surface area contributed by atoms with E-state index in [2.05, 4.69) is 0 Å². The summed E-state index contributed by atoms with van der Waals surface area (Å²) in [5.41, 5.74) is 0.381. The Labute approximate surface area is 98.2 Å². The molecule has 90 valence electrons. The van der Waals surface area contributed by atoms with Crippen molar-refractivity contribution >= 4 is 11.5 Å². The van der Waals surface area contributed by atoms with Crippen LogP contribution in [0.25, 0.3) is 0 Å². The lowest BCUT2D eigenvalue weighted by Gasteiger charge is -2.16. The van der Waals surface area contributed by atoms with Crippen LogP contribution in [0.15, 0.2) is 24.3 Å². The molecule has 1 aliphatic rings. The van der Waals surface area contributed by atoms with Crippen LogP contribution in [0, 0.1) is 16.0 Å². The van der Waals surface area contributed by atoms with Crippen LogP contribution < -0.4 is 0 Å². The lowest BCUT2D eigenvalue weighted by molar-refractivity contribution is -0.385. The maximum atomic E-state index is 11.5. The second kappa shape index (κ2) is 4.63. The van der Waals surface area contributed by atoms with Crippen LogP contribution in [0.2, 0.25) is 0 Å². The number of nitro benzene ring substituents is 1. The summed E-state index contributed by atoms with van der Waals surface area (Å²) in [6, 6.07) is 5.84. The van der Waals surface area contributed by atoms with E-state index < -0.39 is 16.9 Å². The van der Waals surface area contributed by atoms with Gasteiger partial charge >= 0.3 is 0 Å². The zero-order valence-corrected chi connectivity index (χ0v) is 9.20. The molecule has 1 N–H and O–H groups in total. The number of aliphatic hydroxyl groups excluding tert-OH is 1. The highest BCUT2D eigenvalue weighted by Crippen LogP contribution is 2.34. The lowest BCUT2D eigenvalue weighted by atomic mass is 9.93. The van der Waals surface area contributed by atoms with Crippen LogP contribution in [0.1, 0.15) is 30.9 Å².